The van der Waals surface area contributed by atoms with Crippen molar-refractivity contribution in [2.45, 2.75) is 37.2 Å². The predicted molar refractivity (Wildman–Crippen MR) is 74.2 cm³/mol. The number of piperidine rings is 1. The van der Waals surface area contributed by atoms with E-state index in [-0.39, 0.29) is 5.56 Å². The minimum absolute atomic E-state index is 0.238. The number of halogens is 6. The van der Waals surface area contributed by atoms with Crippen LogP contribution in [0.25, 0.3) is 0 Å². The minimum atomic E-state index is -5.75. The van der Waals surface area contributed by atoms with E-state index in [1.54, 1.807) is 0 Å². The Hall–Kier alpha value is -1.77. The third-order valence-corrected chi connectivity index (χ3v) is 4.10. The van der Waals surface area contributed by atoms with Crippen molar-refractivity contribution in [2.75, 3.05) is 13.1 Å². The van der Waals surface area contributed by atoms with Gasteiger partial charge >= 0.3 is 12.4 Å². The molecule has 1 aromatic rings. The summed E-state index contributed by atoms with van der Waals surface area (Å²) in [5, 5.41) is 0. The van der Waals surface area contributed by atoms with Gasteiger partial charge in [-0.05, 0) is 37.0 Å². The molecule has 0 aliphatic carbocycles. The maximum atomic E-state index is 13.0. The Morgan fingerprint density at radius 1 is 0.958 bits per heavy atom. The first-order valence-electron chi connectivity index (χ1n) is 7.30. The van der Waals surface area contributed by atoms with E-state index >= 15 is 0 Å². The molecule has 0 bridgehead atoms. The van der Waals surface area contributed by atoms with Gasteiger partial charge < -0.3 is 10.6 Å². The molecule has 0 aromatic heterocycles. The summed E-state index contributed by atoms with van der Waals surface area (Å²) in [6.45, 7) is 0.852. The molecule has 2 rings (SSSR count). The van der Waals surface area contributed by atoms with Gasteiger partial charge in [0.2, 0.25) is 5.54 Å². The second kappa shape index (κ2) is 6.27. The molecular weight excluding hydrogens is 338 g/mol. The number of alkyl halides is 6. The van der Waals surface area contributed by atoms with Gasteiger partial charge in [0.25, 0.3) is 5.91 Å². The summed E-state index contributed by atoms with van der Waals surface area (Å²) in [6.07, 6.45) is -9.08. The number of carbonyl (C=O) groups excluding carboxylic acids is 1. The molecule has 1 aromatic carbocycles. The molecule has 1 saturated heterocycles. The Morgan fingerprint density at radius 2 is 1.50 bits per heavy atom. The molecule has 2 N–H and O–H groups in total. The predicted octanol–water partition coefficient (Wildman–Crippen LogP) is 3.59. The zero-order valence-electron chi connectivity index (χ0n) is 12.5. The minimum Gasteiger partial charge on any atom is -0.339 e. The summed E-state index contributed by atoms with van der Waals surface area (Å²) in [7, 11) is 0. The van der Waals surface area contributed by atoms with Crippen molar-refractivity contribution in [3.8, 4) is 0 Å². The Morgan fingerprint density at radius 3 is 2.00 bits per heavy atom. The lowest BCUT2D eigenvalue weighted by Gasteiger charge is -2.34. The van der Waals surface area contributed by atoms with Crippen LogP contribution >= 0.6 is 0 Å². The van der Waals surface area contributed by atoms with E-state index in [1.165, 1.54) is 11.0 Å². The molecule has 1 heterocycles. The van der Waals surface area contributed by atoms with Gasteiger partial charge in [-0.15, -0.1) is 0 Å². The number of hydrogen-bond acceptors (Lipinski definition) is 2. The molecule has 0 spiro atoms. The second-order valence-electron chi connectivity index (χ2n) is 5.74. The first-order valence-corrected chi connectivity index (χ1v) is 7.30. The Bertz CT molecular complexity index is 591. The maximum Gasteiger partial charge on any atom is 0.419 e. The Labute approximate surface area is 134 Å². The number of carbonyl (C=O) groups is 1. The number of hydrogen-bond donors (Lipinski definition) is 1. The van der Waals surface area contributed by atoms with E-state index in [4.69, 9.17) is 5.73 Å². The quantitative estimate of drug-likeness (QED) is 0.825. The molecule has 0 atom stereocenters. The summed E-state index contributed by atoms with van der Waals surface area (Å²) in [4.78, 5) is 13.7. The molecule has 1 aliphatic heterocycles. The second-order valence-corrected chi connectivity index (χ2v) is 5.74. The van der Waals surface area contributed by atoms with Crippen molar-refractivity contribution >= 4 is 5.91 Å². The largest absolute Gasteiger partial charge is 0.419 e. The first-order chi connectivity index (χ1) is 11.0. The average Bonchev–Trinajstić information content (AvgIpc) is 2.52. The Kier molecular flexibility index (Phi) is 4.85. The lowest BCUT2D eigenvalue weighted by Crippen LogP contribution is -2.60. The molecule has 24 heavy (non-hydrogen) atoms. The maximum absolute atomic E-state index is 13.0. The normalized spacial score (nSPS) is 17.0. The van der Waals surface area contributed by atoms with Crippen LogP contribution in [0.4, 0.5) is 26.3 Å². The SMILES string of the molecule is NC(c1cccc(C(=O)N2CCCCC2)c1)(C(F)(F)F)C(F)(F)F. The molecule has 1 aliphatic rings. The first kappa shape index (κ1) is 18.6. The van der Waals surface area contributed by atoms with Crippen LogP contribution in [0.3, 0.4) is 0 Å². The monoisotopic (exact) mass is 354 g/mol. The summed E-state index contributed by atoms with van der Waals surface area (Å²) in [5.41, 5.74) is -1.23. The van der Waals surface area contributed by atoms with Crippen molar-refractivity contribution in [2.24, 2.45) is 5.73 Å². The molecule has 134 valence electrons. The van der Waals surface area contributed by atoms with Gasteiger partial charge in [-0.3, -0.25) is 4.79 Å². The Balaban J connectivity index is 2.43. The van der Waals surface area contributed by atoms with E-state index in [9.17, 15) is 31.1 Å². The zero-order chi connectivity index (χ0) is 18.2. The third-order valence-electron chi connectivity index (χ3n) is 4.10. The molecule has 3 nitrogen and oxygen atoms in total. The summed E-state index contributed by atoms with van der Waals surface area (Å²) in [6, 6.07) is 3.38. The van der Waals surface area contributed by atoms with Crippen LogP contribution in [-0.2, 0) is 5.54 Å². The van der Waals surface area contributed by atoms with Gasteiger partial charge in [-0.1, -0.05) is 12.1 Å². The van der Waals surface area contributed by atoms with Gasteiger partial charge in [-0.25, -0.2) is 0 Å². The van der Waals surface area contributed by atoms with Crippen molar-refractivity contribution in [1.82, 2.24) is 4.90 Å². The average molecular weight is 354 g/mol. The van der Waals surface area contributed by atoms with Crippen LogP contribution < -0.4 is 5.73 Å². The zero-order valence-corrected chi connectivity index (χ0v) is 12.5. The van der Waals surface area contributed by atoms with Crippen LogP contribution in [0.15, 0.2) is 24.3 Å². The molecule has 9 heteroatoms. The van der Waals surface area contributed by atoms with Crippen LogP contribution in [0.5, 0.6) is 0 Å². The van der Waals surface area contributed by atoms with Gasteiger partial charge in [-0.2, -0.15) is 26.3 Å². The van der Waals surface area contributed by atoms with Crippen LogP contribution in [0.1, 0.15) is 35.2 Å². The fourth-order valence-corrected chi connectivity index (χ4v) is 2.67. The van der Waals surface area contributed by atoms with Crippen LogP contribution in [0.2, 0.25) is 0 Å². The highest BCUT2D eigenvalue weighted by Crippen LogP contribution is 2.48. The molecule has 0 radical (unpaired) electrons. The van der Waals surface area contributed by atoms with Crippen molar-refractivity contribution in [3.05, 3.63) is 35.4 Å². The highest BCUT2D eigenvalue weighted by atomic mass is 19.4. The number of amides is 1. The van der Waals surface area contributed by atoms with E-state index in [0.717, 1.165) is 25.3 Å². The van der Waals surface area contributed by atoms with Crippen LogP contribution in [0, 0.1) is 0 Å². The smallest absolute Gasteiger partial charge is 0.339 e. The lowest BCUT2D eigenvalue weighted by atomic mass is 9.88. The summed E-state index contributed by atoms with van der Waals surface area (Å²) in [5.74, 6) is -0.594. The fourth-order valence-electron chi connectivity index (χ4n) is 2.67. The fraction of sp³-hybridized carbons (Fsp3) is 0.533. The van der Waals surface area contributed by atoms with Gasteiger partial charge in [0, 0.05) is 18.7 Å². The lowest BCUT2D eigenvalue weighted by molar-refractivity contribution is -0.301. The molecule has 0 unspecified atom stereocenters. The van der Waals surface area contributed by atoms with Crippen molar-refractivity contribution < 1.29 is 31.1 Å². The number of nitrogens with zero attached hydrogens (tertiary/aromatic N) is 1. The van der Waals surface area contributed by atoms with Crippen molar-refractivity contribution in [1.29, 1.82) is 0 Å². The molecule has 1 fully saturated rings. The highest BCUT2D eigenvalue weighted by Gasteiger charge is 2.69. The highest BCUT2D eigenvalue weighted by molar-refractivity contribution is 5.94. The van der Waals surface area contributed by atoms with Crippen LogP contribution in [-0.4, -0.2) is 36.2 Å². The van der Waals surface area contributed by atoms with E-state index in [2.05, 4.69) is 0 Å². The van der Waals surface area contributed by atoms with E-state index in [1.807, 2.05) is 0 Å². The van der Waals surface area contributed by atoms with E-state index in [0.29, 0.717) is 25.2 Å². The molecule has 0 saturated carbocycles. The summed E-state index contributed by atoms with van der Waals surface area (Å²) < 4.78 is 78.2. The standard InChI is InChI=1S/C15H16F6N2O/c16-14(17,18)13(22,15(19,20)21)11-6-4-5-10(9-11)12(24)23-7-2-1-3-8-23/h4-6,9H,1-3,7-8,22H2. The van der Waals surface area contributed by atoms with Crippen molar-refractivity contribution in [3.63, 3.8) is 0 Å². The molecular formula is C15H16F6N2O. The van der Waals surface area contributed by atoms with Gasteiger partial charge in [0.15, 0.2) is 0 Å². The number of likely N-dealkylation sites (tertiary alicyclic amines) is 1. The van der Waals surface area contributed by atoms with E-state index < -0.39 is 29.4 Å². The number of nitrogens with two attached hydrogens (primary N) is 1. The number of benzene rings is 1. The van der Waals surface area contributed by atoms with Gasteiger partial charge in [0.1, 0.15) is 0 Å². The topological polar surface area (TPSA) is 46.3 Å². The molecule has 1 amide bonds. The number of rotatable bonds is 2. The van der Waals surface area contributed by atoms with Gasteiger partial charge in [0.05, 0.1) is 0 Å². The summed E-state index contributed by atoms with van der Waals surface area (Å²) >= 11 is 0. The third kappa shape index (κ3) is 3.22.